The van der Waals surface area contributed by atoms with E-state index in [9.17, 15) is 0 Å². The summed E-state index contributed by atoms with van der Waals surface area (Å²) in [5.74, 6) is 3.05. The molecule has 4 heterocycles. The molecule has 1 fully saturated rings. The molecule has 0 aliphatic carbocycles. The van der Waals surface area contributed by atoms with Gasteiger partial charge in [0.25, 0.3) is 0 Å². The Hall–Kier alpha value is -2.44. The summed E-state index contributed by atoms with van der Waals surface area (Å²) in [5, 5.41) is 4.19. The largest absolute Gasteiger partial charge is 0.354 e. The van der Waals surface area contributed by atoms with Crippen LogP contribution in [0, 0.1) is 0 Å². The molecule has 3 aromatic heterocycles. The highest BCUT2D eigenvalue weighted by atomic mass is 16.5. The standard InChI is InChI=1S/C16H20N6O/c1-11(2)16-19-14(20-23-16)12-4-3-6-21(9-12)15-13-8-17-10-22(13)7-5-18-15/h5,7-8,10-12H,3-4,6,9H2,1-2H3. The van der Waals surface area contributed by atoms with E-state index in [1.54, 1.807) is 6.33 Å². The van der Waals surface area contributed by atoms with E-state index in [0.29, 0.717) is 5.89 Å². The fourth-order valence-electron chi connectivity index (χ4n) is 3.11. The van der Waals surface area contributed by atoms with Gasteiger partial charge in [0.05, 0.1) is 12.5 Å². The zero-order valence-electron chi connectivity index (χ0n) is 13.4. The Balaban J connectivity index is 1.60. The Morgan fingerprint density at radius 1 is 1.35 bits per heavy atom. The first-order valence-corrected chi connectivity index (χ1v) is 8.07. The maximum absolute atomic E-state index is 5.37. The van der Waals surface area contributed by atoms with Crippen LogP contribution < -0.4 is 4.90 Å². The Morgan fingerprint density at radius 2 is 2.26 bits per heavy atom. The SMILES string of the molecule is CC(C)c1nc(C2CCCN(c3nccn4cncc34)C2)no1. The van der Waals surface area contributed by atoms with E-state index in [4.69, 9.17) is 4.52 Å². The van der Waals surface area contributed by atoms with E-state index < -0.39 is 0 Å². The first-order valence-electron chi connectivity index (χ1n) is 8.07. The molecule has 1 unspecified atom stereocenters. The quantitative estimate of drug-likeness (QED) is 0.740. The molecule has 7 heteroatoms. The van der Waals surface area contributed by atoms with Crippen molar-refractivity contribution in [3.8, 4) is 0 Å². The van der Waals surface area contributed by atoms with Crippen molar-refractivity contribution in [1.29, 1.82) is 0 Å². The number of hydrogen-bond donors (Lipinski definition) is 0. The van der Waals surface area contributed by atoms with Gasteiger partial charge in [-0.05, 0) is 12.8 Å². The molecular weight excluding hydrogens is 292 g/mol. The van der Waals surface area contributed by atoms with Crippen LogP contribution in [0.5, 0.6) is 0 Å². The summed E-state index contributed by atoms with van der Waals surface area (Å²) < 4.78 is 7.37. The van der Waals surface area contributed by atoms with Crippen LogP contribution in [0.4, 0.5) is 5.82 Å². The number of imidazole rings is 1. The summed E-state index contributed by atoms with van der Waals surface area (Å²) >= 11 is 0. The minimum absolute atomic E-state index is 0.262. The number of piperidine rings is 1. The maximum Gasteiger partial charge on any atom is 0.229 e. The van der Waals surface area contributed by atoms with E-state index in [1.165, 1.54) is 0 Å². The number of nitrogens with zero attached hydrogens (tertiary/aromatic N) is 6. The summed E-state index contributed by atoms with van der Waals surface area (Å²) in [5.41, 5.74) is 1.03. The van der Waals surface area contributed by atoms with Gasteiger partial charge >= 0.3 is 0 Å². The molecule has 1 atom stereocenters. The van der Waals surface area contributed by atoms with Crippen molar-refractivity contribution in [1.82, 2.24) is 24.5 Å². The van der Waals surface area contributed by atoms with Gasteiger partial charge in [0.2, 0.25) is 5.89 Å². The third-order valence-electron chi connectivity index (χ3n) is 4.36. The lowest BCUT2D eigenvalue weighted by Crippen LogP contribution is -2.35. The second-order valence-corrected chi connectivity index (χ2v) is 6.37. The van der Waals surface area contributed by atoms with E-state index in [1.807, 2.05) is 23.0 Å². The molecule has 0 saturated carbocycles. The Bertz CT molecular complexity index is 808. The highest BCUT2D eigenvalue weighted by Crippen LogP contribution is 2.30. The van der Waals surface area contributed by atoms with Crippen LogP contribution in [0.25, 0.3) is 5.52 Å². The number of anilines is 1. The van der Waals surface area contributed by atoms with Gasteiger partial charge in [-0.3, -0.25) is 0 Å². The molecule has 0 spiro atoms. The minimum atomic E-state index is 0.262. The molecule has 0 aromatic carbocycles. The number of rotatable bonds is 3. The van der Waals surface area contributed by atoms with Crippen LogP contribution in [0.3, 0.4) is 0 Å². The zero-order chi connectivity index (χ0) is 15.8. The lowest BCUT2D eigenvalue weighted by molar-refractivity contribution is 0.354. The number of hydrogen-bond acceptors (Lipinski definition) is 6. The second kappa shape index (κ2) is 5.64. The van der Waals surface area contributed by atoms with Crippen molar-refractivity contribution in [2.75, 3.05) is 18.0 Å². The van der Waals surface area contributed by atoms with Crippen LogP contribution in [0.15, 0.2) is 29.4 Å². The molecule has 7 nitrogen and oxygen atoms in total. The lowest BCUT2D eigenvalue weighted by atomic mass is 9.97. The van der Waals surface area contributed by atoms with Crippen LogP contribution >= 0.6 is 0 Å². The van der Waals surface area contributed by atoms with Gasteiger partial charge in [0.1, 0.15) is 5.52 Å². The molecule has 3 aromatic rings. The average Bonchev–Trinajstić information content (AvgIpc) is 3.24. The van der Waals surface area contributed by atoms with E-state index >= 15 is 0 Å². The van der Waals surface area contributed by atoms with Gasteiger partial charge in [0.15, 0.2) is 11.6 Å². The summed E-state index contributed by atoms with van der Waals surface area (Å²) in [4.78, 5) is 15.7. The van der Waals surface area contributed by atoms with Crippen molar-refractivity contribution in [2.24, 2.45) is 0 Å². The highest BCUT2D eigenvalue weighted by molar-refractivity contribution is 5.68. The lowest BCUT2D eigenvalue weighted by Gasteiger charge is -2.32. The van der Waals surface area contributed by atoms with Crippen molar-refractivity contribution < 1.29 is 4.52 Å². The molecule has 1 aliphatic heterocycles. The maximum atomic E-state index is 5.37. The summed E-state index contributed by atoms with van der Waals surface area (Å²) in [6.07, 6.45) is 9.57. The number of aromatic nitrogens is 5. The fourth-order valence-corrected chi connectivity index (χ4v) is 3.11. The molecule has 0 bridgehead atoms. The third kappa shape index (κ3) is 2.56. The van der Waals surface area contributed by atoms with Crippen molar-refractivity contribution in [3.63, 3.8) is 0 Å². The van der Waals surface area contributed by atoms with Gasteiger partial charge in [-0.1, -0.05) is 19.0 Å². The fraction of sp³-hybridized carbons (Fsp3) is 0.500. The summed E-state index contributed by atoms with van der Waals surface area (Å²) in [6.45, 7) is 5.97. The molecule has 1 saturated heterocycles. The van der Waals surface area contributed by atoms with Crippen molar-refractivity contribution >= 4 is 11.3 Å². The Labute approximate surface area is 134 Å². The number of fused-ring (bicyclic) bond motifs is 1. The molecule has 0 amide bonds. The predicted molar refractivity (Wildman–Crippen MR) is 85.6 cm³/mol. The zero-order valence-corrected chi connectivity index (χ0v) is 13.4. The normalized spacial score (nSPS) is 18.9. The Morgan fingerprint density at radius 3 is 3.09 bits per heavy atom. The van der Waals surface area contributed by atoms with Gasteiger partial charge in [-0.2, -0.15) is 4.98 Å². The van der Waals surface area contributed by atoms with Crippen molar-refractivity contribution in [2.45, 2.75) is 38.5 Å². The van der Waals surface area contributed by atoms with Crippen LogP contribution in [-0.4, -0.2) is 37.6 Å². The van der Waals surface area contributed by atoms with Crippen LogP contribution in [0.1, 0.15) is 50.2 Å². The van der Waals surface area contributed by atoms with Crippen LogP contribution in [-0.2, 0) is 0 Å². The monoisotopic (exact) mass is 312 g/mol. The van der Waals surface area contributed by atoms with Gasteiger partial charge in [0, 0.05) is 37.3 Å². The molecule has 120 valence electrons. The summed E-state index contributed by atoms with van der Waals surface area (Å²) in [6, 6.07) is 0. The molecule has 0 N–H and O–H groups in total. The molecule has 23 heavy (non-hydrogen) atoms. The van der Waals surface area contributed by atoms with E-state index in [-0.39, 0.29) is 11.8 Å². The summed E-state index contributed by atoms with van der Waals surface area (Å²) in [7, 11) is 0. The Kier molecular flexibility index (Phi) is 3.48. The average molecular weight is 312 g/mol. The van der Waals surface area contributed by atoms with Gasteiger partial charge in [-0.15, -0.1) is 0 Å². The molecule has 4 rings (SSSR count). The smallest absolute Gasteiger partial charge is 0.229 e. The first-order chi connectivity index (χ1) is 11.2. The second-order valence-electron chi connectivity index (χ2n) is 6.37. The predicted octanol–water partition coefficient (Wildman–Crippen LogP) is 2.62. The van der Waals surface area contributed by atoms with E-state index in [0.717, 1.165) is 43.1 Å². The molecule has 1 aliphatic rings. The van der Waals surface area contributed by atoms with Gasteiger partial charge < -0.3 is 13.8 Å². The third-order valence-corrected chi connectivity index (χ3v) is 4.36. The topological polar surface area (TPSA) is 72.4 Å². The molecule has 0 radical (unpaired) electrons. The molecular formula is C16H20N6O. The first kappa shape index (κ1) is 14.2. The highest BCUT2D eigenvalue weighted by Gasteiger charge is 2.27. The van der Waals surface area contributed by atoms with E-state index in [2.05, 4.69) is 38.9 Å². The van der Waals surface area contributed by atoms with Crippen molar-refractivity contribution in [3.05, 3.63) is 36.6 Å². The van der Waals surface area contributed by atoms with Crippen LogP contribution in [0.2, 0.25) is 0 Å². The minimum Gasteiger partial charge on any atom is -0.354 e. The van der Waals surface area contributed by atoms with Gasteiger partial charge in [-0.25, -0.2) is 9.97 Å².